The smallest absolute Gasteiger partial charge is 0.173 e. The van der Waals surface area contributed by atoms with Crippen molar-refractivity contribution < 1.29 is 4.74 Å². The van der Waals surface area contributed by atoms with E-state index in [1.165, 1.54) is 11.3 Å². The largest absolute Gasteiger partial charge is 0.383 e. The lowest BCUT2D eigenvalue weighted by Gasteiger charge is -2.38. The van der Waals surface area contributed by atoms with Crippen molar-refractivity contribution in [2.24, 2.45) is 0 Å². The van der Waals surface area contributed by atoms with E-state index in [0.29, 0.717) is 13.2 Å². The Bertz CT molecular complexity index is 699. The molecule has 1 aromatic carbocycles. The molecule has 0 bridgehead atoms. The standard InChI is InChI=1S/C19H31N7O.ClH/c1-5-24-10-12-25(13-11-24)18(16-6-8-17(9-7-16)23(2)3)19-20-21-22-26(19)14-15-27-4;/h6-9,18H,5,10-15H2,1-4H3;1H. The maximum atomic E-state index is 5.23. The third kappa shape index (κ3) is 5.20. The summed E-state index contributed by atoms with van der Waals surface area (Å²) in [6.07, 6.45) is 0. The molecule has 1 unspecified atom stereocenters. The number of ether oxygens (including phenoxy) is 1. The number of rotatable bonds is 8. The van der Waals surface area contributed by atoms with Crippen molar-refractivity contribution in [3.63, 3.8) is 0 Å². The summed E-state index contributed by atoms with van der Waals surface area (Å²) in [4.78, 5) is 7.09. The second-order valence-electron chi connectivity index (χ2n) is 7.11. The third-order valence-electron chi connectivity index (χ3n) is 5.26. The zero-order valence-corrected chi connectivity index (χ0v) is 18.1. The van der Waals surface area contributed by atoms with Crippen molar-refractivity contribution >= 4 is 18.1 Å². The van der Waals surface area contributed by atoms with Gasteiger partial charge in [-0.3, -0.25) is 4.90 Å². The molecule has 1 atom stereocenters. The Hall–Kier alpha value is -1.74. The van der Waals surface area contributed by atoms with Crippen molar-refractivity contribution in [2.45, 2.75) is 19.5 Å². The van der Waals surface area contributed by atoms with Crippen LogP contribution >= 0.6 is 12.4 Å². The molecule has 3 rings (SSSR count). The summed E-state index contributed by atoms with van der Waals surface area (Å²) in [6, 6.07) is 8.76. The highest BCUT2D eigenvalue weighted by Gasteiger charge is 2.30. The van der Waals surface area contributed by atoms with E-state index in [1.54, 1.807) is 7.11 Å². The second-order valence-corrected chi connectivity index (χ2v) is 7.11. The summed E-state index contributed by atoms with van der Waals surface area (Å²) < 4.78 is 7.10. The van der Waals surface area contributed by atoms with Gasteiger partial charge >= 0.3 is 0 Å². The Kier molecular flexibility index (Phi) is 8.62. The molecule has 28 heavy (non-hydrogen) atoms. The first-order chi connectivity index (χ1) is 13.1. The first-order valence-corrected chi connectivity index (χ1v) is 9.62. The molecule has 1 aliphatic heterocycles. The van der Waals surface area contributed by atoms with E-state index < -0.39 is 0 Å². The Balaban J connectivity index is 0.00000280. The molecule has 2 aromatic rings. The van der Waals surface area contributed by atoms with Gasteiger partial charge in [0.25, 0.3) is 0 Å². The summed E-state index contributed by atoms with van der Waals surface area (Å²) in [6.45, 7) is 8.72. The minimum Gasteiger partial charge on any atom is -0.383 e. The highest BCUT2D eigenvalue weighted by Crippen LogP contribution is 2.29. The third-order valence-corrected chi connectivity index (χ3v) is 5.26. The van der Waals surface area contributed by atoms with Crippen molar-refractivity contribution in [1.29, 1.82) is 0 Å². The fraction of sp³-hybridized carbons (Fsp3) is 0.632. The van der Waals surface area contributed by atoms with Crippen LogP contribution in [0.1, 0.15) is 24.4 Å². The SMILES string of the molecule is CCN1CCN(C(c2ccc(N(C)C)cc2)c2nnnn2CCOC)CC1.Cl. The lowest BCUT2D eigenvalue weighted by Crippen LogP contribution is -2.48. The van der Waals surface area contributed by atoms with Crippen LogP contribution in [0.15, 0.2) is 24.3 Å². The van der Waals surface area contributed by atoms with Crippen LogP contribution in [0.2, 0.25) is 0 Å². The average Bonchev–Trinajstić information content (AvgIpc) is 3.15. The second kappa shape index (κ2) is 10.7. The molecule has 8 nitrogen and oxygen atoms in total. The minimum absolute atomic E-state index is 0. The molecule has 9 heteroatoms. The van der Waals surface area contributed by atoms with E-state index >= 15 is 0 Å². The zero-order chi connectivity index (χ0) is 19.2. The lowest BCUT2D eigenvalue weighted by atomic mass is 10.0. The van der Waals surface area contributed by atoms with Gasteiger partial charge in [-0.05, 0) is 34.7 Å². The number of halogens is 1. The van der Waals surface area contributed by atoms with Crippen LogP contribution in [0, 0.1) is 0 Å². The van der Waals surface area contributed by atoms with Crippen LogP contribution in [-0.2, 0) is 11.3 Å². The Morgan fingerprint density at radius 3 is 2.36 bits per heavy atom. The number of methoxy groups -OCH3 is 1. The van der Waals surface area contributed by atoms with Gasteiger partial charge in [0.15, 0.2) is 5.82 Å². The normalized spacial score (nSPS) is 16.6. The van der Waals surface area contributed by atoms with E-state index in [0.717, 1.165) is 38.5 Å². The monoisotopic (exact) mass is 409 g/mol. The molecule has 0 aliphatic carbocycles. The molecular weight excluding hydrogens is 378 g/mol. The molecule has 0 saturated carbocycles. The number of nitrogens with zero attached hydrogens (tertiary/aromatic N) is 7. The van der Waals surface area contributed by atoms with Gasteiger partial charge in [0.05, 0.1) is 19.2 Å². The molecule has 0 radical (unpaired) electrons. The van der Waals surface area contributed by atoms with Gasteiger partial charge in [0.1, 0.15) is 0 Å². The van der Waals surface area contributed by atoms with E-state index in [1.807, 2.05) is 4.68 Å². The number of hydrogen-bond donors (Lipinski definition) is 0. The maximum absolute atomic E-state index is 5.23. The molecule has 1 fully saturated rings. The van der Waals surface area contributed by atoms with Gasteiger partial charge in [-0.2, -0.15) is 0 Å². The first kappa shape index (κ1) is 22.5. The lowest BCUT2D eigenvalue weighted by molar-refractivity contribution is 0.107. The van der Waals surface area contributed by atoms with Crippen LogP contribution in [0.25, 0.3) is 0 Å². The topological polar surface area (TPSA) is 62.5 Å². The Labute approximate surface area is 173 Å². The van der Waals surface area contributed by atoms with Crippen molar-refractivity contribution in [1.82, 2.24) is 30.0 Å². The quantitative estimate of drug-likeness (QED) is 0.655. The number of anilines is 1. The highest BCUT2D eigenvalue weighted by atomic mass is 35.5. The van der Waals surface area contributed by atoms with Crippen molar-refractivity contribution in [3.8, 4) is 0 Å². The summed E-state index contributed by atoms with van der Waals surface area (Å²) in [7, 11) is 5.81. The fourth-order valence-corrected chi connectivity index (χ4v) is 3.56. The highest BCUT2D eigenvalue weighted by molar-refractivity contribution is 5.85. The van der Waals surface area contributed by atoms with Gasteiger partial charge in [-0.15, -0.1) is 17.5 Å². The summed E-state index contributed by atoms with van der Waals surface area (Å²) in [5.41, 5.74) is 2.41. The Morgan fingerprint density at radius 1 is 1.11 bits per heavy atom. The molecule has 1 saturated heterocycles. The number of hydrogen-bond acceptors (Lipinski definition) is 7. The van der Waals surface area contributed by atoms with Crippen LogP contribution in [-0.4, -0.2) is 90.5 Å². The number of benzene rings is 1. The summed E-state index contributed by atoms with van der Waals surface area (Å²) in [5.74, 6) is 0.884. The van der Waals surface area contributed by atoms with E-state index in [2.05, 4.69) is 75.5 Å². The molecule has 2 heterocycles. The van der Waals surface area contributed by atoms with Gasteiger partial charge < -0.3 is 14.5 Å². The molecule has 0 N–H and O–H groups in total. The van der Waals surface area contributed by atoms with Crippen molar-refractivity contribution in [2.75, 3.05) is 65.4 Å². The molecule has 1 aromatic heterocycles. The molecule has 1 aliphatic rings. The minimum atomic E-state index is 0. The Morgan fingerprint density at radius 2 is 1.79 bits per heavy atom. The number of aromatic nitrogens is 4. The van der Waals surface area contributed by atoms with Crippen LogP contribution in [0.4, 0.5) is 5.69 Å². The average molecular weight is 410 g/mol. The number of piperazine rings is 1. The van der Waals surface area contributed by atoms with Gasteiger partial charge in [-0.1, -0.05) is 19.1 Å². The van der Waals surface area contributed by atoms with Crippen LogP contribution < -0.4 is 4.90 Å². The van der Waals surface area contributed by atoms with E-state index in [9.17, 15) is 0 Å². The zero-order valence-electron chi connectivity index (χ0n) is 17.3. The number of tetrazole rings is 1. The molecule has 156 valence electrons. The molecular formula is C19H32ClN7O. The van der Waals surface area contributed by atoms with Gasteiger partial charge in [0.2, 0.25) is 0 Å². The van der Waals surface area contributed by atoms with E-state index in [4.69, 9.17) is 4.74 Å². The fourth-order valence-electron chi connectivity index (χ4n) is 3.56. The predicted molar refractivity (Wildman–Crippen MR) is 113 cm³/mol. The first-order valence-electron chi connectivity index (χ1n) is 9.62. The van der Waals surface area contributed by atoms with Gasteiger partial charge in [0, 0.05) is 53.1 Å². The van der Waals surface area contributed by atoms with Crippen LogP contribution in [0.3, 0.4) is 0 Å². The maximum Gasteiger partial charge on any atom is 0.173 e. The van der Waals surface area contributed by atoms with Crippen molar-refractivity contribution in [3.05, 3.63) is 35.7 Å². The van der Waals surface area contributed by atoms with Crippen LogP contribution in [0.5, 0.6) is 0 Å². The molecule has 0 spiro atoms. The van der Waals surface area contributed by atoms with Gasteiger partial charge in [-0.25, -0.2) is 4.68 Å². The summed E-state index contributed by atoms with van der Waals surface area (Å²) in [5, 5.41) is 12.6. The number of likely N-dealkylation sites (N-methyl/N-ethyl adjacent to an activating group) is 1. The van der Waals surface area contributed by atoms with E-state index in [-0.39, 0.29) is 18.4 Å². The summed E-state index contributed by atoms with van der Waals surface area (Å²) >= 11 is 0. The predicted octanol–water partition coefficient (Wildman–Crippen LogP) is 1.53. The molecule has 0 amide bonds.